The van der Waals surface area contributed by atoms with E-state index < -0.39 is 0 Å². The molecular formula is C40H52N4O5. The van der Waals surface area contributed by atoms with Crippen LogP contribution in [-0.2, 0) is 29.3 Å². The van der Waals surface area contributed by atoms with Gasteiger partial charge in [-0.2, -0.15) is 0 Å². The number of hydrogen-bond acceptors (Lipinski definition) is 5. The van der Waals surface area contributed by atoms with Crippen LogP contribution < -0.4 is 25.4 Å². The minimum absolute atomic E-state index is 0.00820. The number of benzene rings is 4. The average molecular weight is 669 g/mol. The molecule has 4 aromatic carbocycles. The smallest absolute Gasteiger partial charge is 0.319 e. The molecule has 0 saturated heterocycles. The molecule has 9 heteroatoms. The van der Waals surface area contributed by atoms with Crippen molar-refractivity contribution in [1.29, 1.82) is 0 Å². The number of hydrogen-bond donors (Lipinski definition) is 3. The van der Waals surface area contributed by atoms with Gasteiger partial charge in [0.2, 0.25) is 11.8 Å². The number of methoxy groups -OCH3 is 1. The molecule has 4 amide bonds. The molecule has 0 heterocycles. The summed E-state index contributed by atoms with van der Waals surface area (Å²) >= 11 is 0. The molecule has 0 aliphatic carbocycles. The number of urea groups is 1. The van der Waals surface area contributed by atoms with E-state index in [0.29, 0.717) is 44.3 Å². The summed E-state index contributed by atoms with van der Waals surface area (Å²) in [6.45, 7) is 13.4. The number of anilines is 1. The molecule has 4 rings (SSSR count). The standard InChI is InChI=1S/C29H35N3O4.C9H11NO.C2H6/c1-21(2)28(33)32(17-16-30-29(34)31-25-13-10-22(3)11-14-25)19-24-12-15-26(27(18-24)35-4)36-20-23-8-6-5-7-9-23;1-8(11)10-7-9-5-3-2-4-6-9;1-2/h5-15,18,21H,16-17,19-20H2,1-4H3,(H2,30,31,34);2-6H,7H2,1H3,(H,10,11);1-2H3. The van der Waals surface area contributed by atoms with Gasteiger partial charge in [0, 0.05) is 44.7 Å². The van der Waals surface area contributed by atoms with Crippen molar-refractivity contribution in [3.8, 4) is 11.5 Å². The van der Waals surface area contributed by atoms with E-state index in [9.17, 15) is 14.4 Å². The van der Waals surface area contributed by atoms with Crippen molar-refractivity contribution < 1.29 is 23.9 Å². The summed E-state index contributed by atoms with van der Waals surface area (Å²) in [5.74, 6) is 1.10. The van der Waals surface area contributed by atoms with Crippen LogP contribution in [0.3, 0.4) is 0 Å². The van der Waals surface area contributed by atoms with Crippen molar-refractivity contribution in [2.24, 2.45) is 5.92 Å². The SMILES string of the molecule is CC.CC(=O)NCc1ccccc1.COc1cc(CN(CCNC(=O)Nc2ccc(C)cc2)C(=O)C(C)C)ccc1OCc1ccccc1. The molecule has 0 aliphatic rings. The maximum atomic E-state index is 12.9. The number of rotatable bonds is 13. The van der Waals surface area contributed by atoms with E-state index in [-0.39, 0.29) is 23.8 Å². The molecule has 0 atom stereocenters. The minimum atomic E-state index is -0.308. The molecule has 3 N–H and O–H groups in total. The van der Waals surface area contributed by atoms with E-state index in [2.05, 4.69) is 16.0 Å². The molecule has 0 bridgehead atoms. The van der Waals surface area contributed by atoms with E-state index in [1.165, 1.54) is 6.92 Å². The lowest BCUT2D eigenvalue weighted by Crippen LogP contribution is -2.41. The normalized spacial score (nSPS) is 9.96. The number of nitrogens with zero attached hydrogens (tertiary/aromatic N) is 1. The van der Waals surface area contributed by atoms with Crippen LogP contribution in [0.25, 0.3) is 0 Å². The molecule has 0 radical (unpaired) electrons. The number of carbonyl (C=O) groups is 3. The summed E-state index contributed by atoms with van der Waals surface area (Å²) < 4.78 is 11.5. The second-order valence-electron chi connectivity index (χ2n) is 11.3. The summed E-state index contributed by atoms with van der Waals surface area (Å²) in [5.41, 5.74) is 4.95. The van der Waals surface area contributed by atoms with E-state index in [0.717, 1.165) is 27.9 Å². The van der Waals surface area contributed by atoms with Gasteiger partial charge < -0.3 is 30.3 Å². The molecular weight excluding hydrogens is 616 g/mol. The zero-order chi connectivity index (χ0) is 36.0. The van der Waals surface area contributed by atoms with Crippen LogP contribution >= 0.6 is 0 Å². The molecule has 262 valence electrons. The molecule has 9 nitrogen and oxygen atoms in total. The summed E-state index contributed by atoms with van der Waals surface area (Å²) in [5, 5.41) is 8.36. The van der Waals surface area contributed by atoms with Gasteiger partial charge in [0.25, 0.3) is 0 Å². The van der Waals surface area contributed by atoms with Crippen LogP contribution in [0.2, 0.25) is 0 Å². The Hall–Kier alpha value is -5.31. The highest BCUT2D eigenvalue weighted by Crippen LogP contribution is 2.29. The summed E-state index contributed by atoms with van der Waals surface area (Å²) in [4.78, 5) is 37.4. The fourth-order valence-electron chi connectivity index (χ4n) is 4.46. The third-order valence-electron chi connectivity index (χ3n) is 7.01. The Balaban J connectivity index is 0.000000539. The first-order valence-corrected chi connectivity index (χ1v) is 16.7. The predicted octanol–water partition coefficient (Wildman–Crippen LogP) is 7.74. The fraction of sp³-hybridized carbons (Fsp3) is 0.325. The molecule has 0 aromatic heterocycles. The molecule has 0 saturated carbocycles. The largest absolute Gasteiger partial charge is 0.493 e. The van der Waals surface area contributed by atoms with E-state index in [1.807, 2.05) is 138 Å². The lowest BCUT2D eigenvalue weighted by molar-refractivity contribution is -0.135. The topological polar surface area (TPSA) is 109 Å². The minimum Gasteiger partial charge on any atom is -0.493 e. The second kappa shape index (κ2) is 22.3. The van der Waals surface area contributed by atoms with Crippen molar-refractivity contribution in [2.45, 2.75) is 61.2 Å². The highest BCUT2D eigenvalue weighted by atomic mass is 16.5. The summed E-state index contributed by atoms with van der Waals surface area (Å²) in [6.07, 6.45) is 0. The molecule has 0 spiro atoms. The first-order valence-electron chi connectivity index (χ1n) is 16.7. The quantitative estimate of drug-likeness (QED) is 0.135. The van der Waals surface area contributed by atoms with Crippen molar-refractivity contribution >= 4 is 23.5 Å². The van der Waals surface area contributed by atoms with Gasteiger partial charge >= 0.3 is 6.03 Å². The molecule has 0 fully saturated rings. The Bertz CT molecular complexity index is 1540. The second-order valence-corrected chi connectivity index (χ2v) is 11.3. The maximum absolute atomic E-state index is 12.9. The zero-order valence-electron chi connectivity index (χ0n) is 29.9. The van der Waals surface area contributed by atoms with E-state index in [4.69, 9.17) is 9.47 Å². The first-order chi connectivity index (χ1) is 23.6. The summed E-state index contributed by atoms with van der Waals surface area (Å²) in [7, 11) is 1.60. The number of nitrogens with one attached hydrogen (secondary N) is 3. The monoisotopic (exact) mass is 668 g/mol. The van der Waals surface area contributed by atoms with Crippen LogP contribution in [0.5, 0.6) is 11.5 Å². The van der Waals surface area contributed by atoms with Crippen molar-refractivity contribution in [3.05, 3.63) is 125 Å². The number of carbonyl (C=O) groups excluding carboxylic acids is 3. The first kappa shape index (κ1) is 39.9. The highest BCUT2D eigenvalue weighted by molar-refractivity contribution is 5.89. The van der Waals surface area contributed by atoms with Crippen LogP contribution in [0.15, 0.2) is 103 Å². The lowest BCUT2D eigenvalue weighted by atomic mass is 10.1. The Morgan fingerprint density at radius 3 is 1.94 bits per heavy atom. The summed E-state index contributed by atoms with van der Waals surface area (Å²) in [6, 6.07) is 32.7. The molecule has 4 aromatic rings. The van der Waals surface area contributed by atoms with Gasteiger partial charge in [0.05, 0.1) is 7.11 Å². The van der Waals surface area contributed by atoms with Gasteiger partial charge in [-0.05, 0) is 47.9 Å². The molecule has 0 aliphatic heterocycles. The third kappa shape index (κ3) is 15.4. The number of amides is 4. The van der Waals surface area contributed by atoms with Gasteiger partial charge in [-0.15, -0.1) is 0 Å². The van der Waals surface area contributed by atoms with Crippen molar-refractivity contribution in [3.63, 3.8) is 0 Å². The van der Waals surface area contributed by atoms with E-state index in [1.54, 1.807) is 12.0 Å². The highest BCUT2D eigenvalue weighted by Gasteiger charge is 2.18. The van der Waals surface area contributed by atoms with E-state index >= 15 is 0 Å². The van der Waals surface area contributed by atoms with Gasteiger partial charge in [0.15, 0.2) is 11.5 Å². The average Bonchev–Trinajstić information content (AvgIpc) is 3.12. The van der Waals surface area contributed by atoms with Gasteiger partial charge in [-0.3, -0.25) is 9.59 Å². The third-order valence-corrected chi connectivity index (χ3v) is 7.01. The lowest BCUT2D eigenvalue weighted by Gasteiger charge is -2.25. The Kier molecular flexibility index (Phi) is 18.1. The Morgan fingerprint density at radius 1 is 0.755 bits per heavy atom. The molecule has 49 heavy (non-hydrogen) atoms. The van der Waals surface area contributed by atoms with Gasteiger partial charge in [-0.1, -0.05) is 112 Å². The van der Waals surface area contributed by atoms with Gasteiger partial charge in [-0.25, -0.2) is 4.79 Å². The fourth-order valence-corrected chi connectivity index (χ4v) is 4.46. The van der Waals surface area contributed by atoms with Crippen LogP contribution in [0.4, 0.5) is 10.5 Å². The molecule has 0 unspecified atom stereocenters. The maximum Gasteiger partial charge on any atom is 0.319 e. The predicted molar refractivity (Wildman–Crippen MR) is 198 cm³/mol. The van der Waals surface area contributed by atoms with Crippen molar-refractivity contribution in [2.75, 3.05) is 25.5 Å². The number of aryl methyl sites for hydroxylation is 1. The Labute approximate surface area is 292 Å². The Morgan fingerprint density at radius 2 is 1.37 bits per heavy atom. The van der Waals surface area contributed by atoms with Crippen LogP contribution in [-0.4, -0.2) is 42.9 Å². The van der Waals surface area contributed by atoms with Crippen LogP contribution in [0, 0.1) is 12.8 Å². The van der Waals surface area contributed by atoms with Crippen molar-refractivity contribution in [1.82, 2.24) is 15.5 Å². The van der Waals surface area contributed by atoms with Gasteiger partial charge in [0.1, 0.15) is 6.61 Å². The number of ether oxygens (including phenoxy) is 2. The van der Waals surface area contributed by atoms with Crippen LogP contribution in [0.1, 0.15) is 56.9 Å². The zero-order valence-corrected chi connectivity index (χ0v) is 29.9.